The largest absolute Gasteiger partial charge is 0.312 e. The van der Waals surface area contributed by atoms with E-state index in [9.17, 15) is 0 Å². The number of hydrogen-bond donors (Lipinski definition) is 1. The Morgan fingerprint density at radius 3 is 2.95 bits per heavy atom. The van der Waals surface area contributed by atoms with E-state index in [1.165, 1.54) is 18.4 Å². The maximum atomic E-state index is 6.02. The molecule has 100 valence electrons. The Bertz CT molecular complexity index is 518. The lowest BCUT2D eigenvalue weighted by Gasteiger charge is -2.36. The van der Waals surface area contributed by atoms with Crippen LogP contribution in [0.5, 0.6) is 0 Å². The highest BCUT2D eigenvalue weighted by atomic mass is 35.5. The lowest BCUT2D eigenvalue weighted by molar-refractivity contribution is 0.286. The first kappa shape index (κ1) is 12.7. The molecule has 1 N–H and O–H groups in total. The molecular weight excluding hydrogens is 258 g/mol. The van der Waals surface area contributed by atoms with Crippen LogP contribution in [0.3, 0.4) is 0 Å². The van der Waals surface area contributed by atoms with Crippen LogP contribution in [0.1, 0.15) is 24.3 Å². The van der Waals surface area contributed by atoms with Crippen LogP contribution in [-0.2, 0) is 6.54 Å². The summed E-state index contributed by atoms with van der Waals surface area (Å²) in [5.41, 5.74) is 1.37. The second kappa shape index (κ2) is 5.76. The maximum Gasteiger partial charge on any atom is 0.0534 e. The summed E-state index contributed by atoms with van der Waals surface area (Å²) in [7, 11) is 0. The van der Waals surface area contributed by atoms with Crippen molar-refractivity contribution in [1.82, 2.24) is 15.1 Å². The second-order valence-electron chi connectivity index (χ2n) is 5.14. The summed E-state index contributed by atoms with van der Waals surface area (Å²) in [5.74, 6) is 0.668. The monoisotopic (exact) mass is 275 g/mol. The summed E-state index contributed by atoms with van der Waals surface area (Å²) in [6.45, 7) is 1.92. The first-order valence-electron chi connectivity index (χ1n) is 6.77. The fraction of sp³-hybridized carbons (Fsp3) is 0.400. The molecule has 4 heteroatoms. The van der Waals surface area contributed by atoms with E-state index in [0.717, 1.165) is 18.1 Å². The van der Waals surface area contributed by atoms with E-state index >= 15 is 0 Å². The lowest BCUT2D eigenvalue weighted by atomic mass is 9.76. The molecule has 1 aliphatic rings. The van der Waals surface area contributed by atoms with Crippen molar-refractivity contribution in [3.05, 3.63) is 53.3 Å². The van der Waals surface area contributed by atoms with Gasteiger partial charge in [0.05, 0.1) is 6.54 Å². The van der Waals surface area contributed by atoms with Gasteiger partial charge in [-0.25, -0.2) is 0 Å². The zero-order valence-electron chi connectivity index (χ0n) is 10.8. The quantitative estimate of drug-likeness (QED) is 0.909. The zero-order chi connectivity index (χ0) is 13.1. The molecule has 1 heterocycles. The molecule has 1 aliphatic carbocycles. The molecule has 0 bridgehead atoms. The van der Waals surface area contributed by atoms with E-state index in [1.54, 1.807) is 0 Å². The van der Waals surface area contributed by atoms with Crippen LogP contribution < -0.4 is 5.32 Å². The molecule has 2 aromatic rings. The standard InChI is InChI=1S/C15H18ClN3/c16-14-4-1-3-12(9-14)13-10-15(11-13)17-6-8-19-7-2-5-18-19/h1-5,7,9,13,15,17H,6,8,10-11H2. The van der Waals surface area contributed by atoms with E-state index in [2.05, 4.69) is 22.5 Å². The van der Waals surface area contributed by atoms with Crippen LogP contribution in [0.15, 0.2) is 42.7 Å². The molecule has 0 saturated heterocycles. The Morgan fingerprint density at radius 2 is 2.21 bits per heavy atom. The van der Waals surface area contributed by atoms with Crippen molar-refractivity contribution < 1.29 is 0 Å². The van der Waals surface area contributed by atoms with E-state index in [4.69, 9.17) is 11.6 Å². The average Bonchev–Trinajstić information content (AvgIpc) is 2.85. The van der Waals surface area contributed by atoms with Gasteiger partial charge in [-0.2, -0.15) is 5.10 Å². The number of benzene rings is 1. The average molecular weight is 276 g/mol. The maximum absolute atomic E-state index is 6.02. The van der Waals surface area contributed by atoms with Gasteiger partial charge in [-0.05, 0) is 42.5 Å². The van der Waals surface area contributed by atoms with Gasteiger partial charge in [0.2, 0.25) is 0 Å². The molecule has 0 aliphatic heterocycles. The molecule has 1 aromatic heterocycles. The summed E-state index contributed by atoms with van der Waals surface area (Å²) in [6.07, 6.45) is 6.23. The Hall–Kier alpha value is -1.32. The number of hydrogen-bond acceptors (Lipinski definition) is 2. The van der Waals surface area contributed by atoms with E-state index in [1.807, 2.05) is 35.3 Å². The van der Waals surface area contributed by atoms with Crippen LogP contribution >= 0.6 is 11.6 Å². The fourth-order valence-electron chi connectivity index (χ4n) is 2.63. The minimum atomic E-state index is 0.638. The smallest absolute Gasteiger partial charge is 0.0534 e. The Balaban J connectivity index is 1.41. The number of nitrogens with zero attached hydrogens (tertiary/aromatic N) is 2. The molecule has 3 nitrogen and oxygen atoms in total. The van der Waals surface area contributed by atoms with E-state index in [-0.39, 0.29) is 0 Å². The summed E-state index contributed by atoms with van der Waals surface area (Å²) in [6, 6.07) is 10.8. The van der Waals surface area contributed by atoms with Crippen molar-refractivity contribution >= 4 is 11.6 Å². The van der Waals surface area contributed by atoms with Gasteiger partial charge in [-0.1, -0.05) is 23.7 Å². The van der Waals surface area contributed by atoms with Gasteiger partial charge in [-0.3, -0.25) is 4.68 Å². The molecule has 1 aromatic carbocycles. The second-order valence-corrected chi connectivity index (χ2v) is 5.58. The molecule has 0 spiro atoms. The highest BCUT2D eigenvalue weighted by molar-refractivity contribution is 6.30. The van der Waals surface area contributed by atoms with Gasteiger partial charge in [0.15, 0.2) is 0 Å². The first-order valence-corrected chi connectivity index (χ1v) is 7.15. The molecule has 0 unspecified atom stereocenters. The third kappa shape index (κ3) is 3.17. The molecule has 19 heavy (non-hydrogen) atoms. The van der Waals surface area contributed by atoms with Crippen molar-refractivity contribution in [2.45, 2.75) is 31.3 Å². The molecule has 0 radical (unpaired) electrons. The lowest BCUT2D eigenvalue weighted by Crippen LogP contribution is -2.41. The molecule has 1 saturated carbocycles. The minimum Gasteiger partial charge on any atom is -0.312 e. The first-order chi connectivity index (χ1) is 9.31. The Labute approximate surface area is 118 Å². The summed E-state index contributed by atoms with van der Waals surface area (Å²) in [5, 5.41) is 8.61. The van der Waals surface area contributed by atoms with Gasteiger partial charge in [0.25, 0.3) is 0 Å². The van der Waals surface area contributed by atoms with Crippen molar-refractivity contribution in [3.8, 4) is 0 Å². The normalized spacial score (nSPS) is 22.2. The van der Waals surface area contributed by atoms with Crippen molar-refractivity contribution in [1.29, 1.82) is 0 Å². The van der Waals surface area contributed by atoms with E-state index < -0.39 is 0 Å². The Kier molecular flexibility index (Phi) is 3.85. The third-order valence-corrected chi connectivity index (χ3v) is 4.03. The predicted molar refractivity (Wildman–Crippen MR) is 77.4 cm³/mol. The highest BCUT2D eigenvalue weighted by Gasteiger charge is 2.29. The zero-order valence-corrected chi connectivity index (χ0v) is 11.6. The van der Waals surface area contributed by atoms with Crippen LogP contribution in [-0.4, -0.2) is 22.4 Å². The van der Waals surface area contributed by atoms with Crippen LogP contribution in [0.2, 0.25) is 5.02 Å². The topological polar surface area (TPSA) is 29.9 Å². The Morgan fingerprint density at radius 1 is 1.32 bits per heavy atom. The minimum absolute atomic E-state index is 0.638. The fourth-order valence-corrected chi connectivity index (χ4v) is 2.83. The van der Waals surface area contributed by atoms with Gasteiger partial charge in [0, 0.05) is 30.0 Å². The van der Waals surface area contributed by atoms with Crippen LogP contribution in [0.4, 0.5) is 0 Å². The van der Waals surface area contributed by atoms with Crippen LogP contribution in [0, 0.1) is 0 Å². The summed E-state index contributed by atoms with van der Waals surface area (Å²) < 4.78 is 1.96. The van der Waals surface area contributed by atoms with Gasteiger partial charge >= 0.3 is 0 Å². The van der Waals surface area contributed by atoms with Crippen molar-refractivity contribution in [2.75, 3.05) is 6.54 Å². The number of nitrogens with one attached hydrogen (secondary N) is 1. The van der Waals surface area contributed by atoms with Crippen molar-refractivity contribution in [3.63, 3.8) is 0 Å². The number of halogens is 1. The molecule has 0 atom stereocenters. The third-order valence-electron chi connectivity index (χ3n) is 3.79. The molecule has 1 fully saturated rings. The van der Waals surface area contributed by atoms with Crippen molar-refractivity contribution in [2.24, 2.45) is 0 Å². The SMILES string of the molecule is Clc1cccc(C2CC(NCCn3cccn3)C2)c1. The predicted octanol–water partition coefficient (Wildman–Crippen LogP) is 3.07. The summed E-state index contributed by atoms with van der Waals surface area (Å²) in [4.78, 5) is 0. The number of rotatable bonds is 5. The van der Waals surface area contributed by atoms with Gasteiger partial charge in [0.1, 0.15) is 0 Å². The highest BCUT2D eigenvalue weighted by Crippen LogP contribution is 2.37. The molecule has 0 amide bonds. The molecule has 3 rings (SSSR count). The van der Waals surface area contributed by atoms with Gasteiger partial charge < -0.3 is 5.32 Å². The van der Waals surface area contributed by atoms with E-state index in [0.29, 0.717) is 12.0 Å². The van der Waals surface area contributed by atoms with Crippen LogP contribution in [0.25, 0.3) is 0 Å². The number of aromatic nitrogens is 2. The van der Waals surface area contributed by atoms with Gasteiger partial charge in [-0.15, -0.1) is 0 Å². The molecular formula is C15H18ClN3. The summed E-state index contributed by atoms with van der Waals surface area (Å²) >= 11 is 6.02.